The lowest BCUT2D eigenvalue weighted by molar-refractivity contribution is 0.0577. The van der Waals surface area contributed by atoms with E-state index in [2.05, 4.69) is 20.5 Å². The highest BCUT2D eigenvalue weighted by molar-refractivity contribution is 5.92. The highest BCUT2D eigenvalue weighted by Gasteiger charge is 2.31. The molecule has 1 saturated carbocycles. The van der Waals surface area contributed by atoms with Crippen LogP contribution in [0.1, 0.15) is 47.8 Å². The summed E-state index contributed by atoms with van der Waals surface area (Å²) in [7, 11) is 0. The quantitative estimate of drug-likeness (QED) is 0.669. The zero-order valence-electron chi connectivity index (χ0n) is 15.3. The molecule has 3 aromatic rings. The molecule has 0 aromatic carbocycles. The van der Waals surface area contributed by atoms with Crippen molar-refractivity contribution >= 4 is 5.91 Å². The second-order valence-corrected chi connectivity index (χ2v) is 7.18. The number of aromatic nitrogens is 5. The standard InChI is InChI=1S/C19H20N6O3/c26-19(15-12-16(28-23-15)13-2-3-13)24-10-6-14(7-11-24)27-18-5-4-17(21-22-18)25-9-1-8-20-25/h1,4-5,8-9,12-14H,2-3,6-7,10-11H2. The number of rotatable bonds is 5. The third kappa shape index (κ3) is 3.47. The van der Waals surface area contributed by atoms with Crippen LogP contribution in [0.4, 0.5) is 0 Å². The number of ether oxygens (including phenoxy) is 1. The highest BCUT2D eigenvalue weighted by Crippen LogP contribution is 2.40. The lowest BCUT2D eigenvalue weighted by Gasteiger charge is -2.31. The molecular formula is C19H20N6O3. The van der Waals surface area contributed by atoms with Crippen LogP contribution in [0.3, 0.4) is 0 Å². The van der Waals surface area contributed by atoms with Gasteiger partial charge < -0.3 is 14.2 Å². The van der Waals surface area contributed by atoms with Gasteiger partial charge in [0, 0.05) is 56.4 Å². The van der Waals surface area contributed by atoms with Gasteiger partial charge in [0.25, 0.3) is 5.91 Å². The van der Waals surface area contributed by atoms with Crippen LogP contribution >= 0.6 is 0 Å². The number of piperidine rings is 1. The van der Waals surface area contributed by atoms with Gasteiger partial charge in [-0.2, -0.15) is 5.10 Å². The number of carbonyl (C=O) groups is 1. The first-order chi connectivity index (χ1) is 13.8. The molecule has 0 unspecified atom stereocenters. The Morgan fingerprint density at radius 2 is 2.00 bits per heavy atom. The van der Waals surface area contributed by atoms with E-state index in [0.29, 0.717) is 36.4 Å². The summed E-state index contributed by atoms with van der Waals surface area (Å²) in [6.07, 6.45) is 7.22. The van der Waals surface area contributed by atoms with Crippen molar-refractivity contribution in [3.05, 3.63) is 48.1 Å². The molecule has 0 bridgehead atoms. The van der Waals surface area contributed by atoms with E-state index in [4.69, 9.17) is 9.26 Å². The number of amides is 1. The molecule has 0 N–H and O–H groups in total. The van der Waals surface area contributed by atoms with Gasteiger partial charge in [0.2, 0.25) is 5.88 Å². The van der Waals surface area contributed by atoms with Crippen LogP contribution in [-0.4, -0.2) is 55.1 Å². The first-order valence-electron chi connectivity index (χ1n) is 9.52. The van der Waals surface area contributed by atoms with E-state index in [1.807, 2.05) is 12.1 Å². The third-order valence-electron chi connectivity index (χ3n) is 5.11. The van der Waals surface area contributed by atoms with Crippen LogP contribution in [0.5, 0.6) is 5.88 Å². The van der Waals surface area contributed by atoms with Crippen LogP contribution in [0.15, 0.2) is 41.2 Å². The normalized spacial score (nSPS) is 17.6. The second-order valence-electron chi connectivity index (χ2n) is 7.18. The molecule has 9 nitrogen and oxygen atoms in total. The molecule has 0 spiro atoms. The van der Waals surface area contributed by atoms with Crippen molar-refractivity contribution in [2.45, 2.75) is 37.7 Å². The minimum absolute atomic E-state index is 0.00763. The van der Waals surface area contributed by atoms with E-state index in [1.54, 1.807) is 34.1 Å². The summed E-state index contributed by atoms with van der Waals surface area (Å²) in [5.74, 6) is 2.33. The van der Waals surface area contributed by atoms with E-state index < -0.39 is 0 Å². The molecule has 1 aliphatic heterocycles. The van der Waals surface area contributed by atoms with Gasteiger partial charge in [0.05, 0.1) is 0 Å². The fourth-order valence-electron chi connectivity index (χ4n) is 3.36. The van der Waals surface area contributed by atoms with Gasteiger partial charge in [-0.3, -0.25) is 4.79 Å². The summed E-state index contributed by atoms with van der Waals surface area (Å²) < 4.78 is 12.9. The Morgan fingerprint density at radius 1 is 1.14 bits per heavy atom. The van der Waals surface area contributed by atoms with Crippen molar-refractivity contribution in [2.24, 2.45) is 0 Å². The summed E-state index contributed by atoms with van der Waals surface area (Å²) >= 11 is 0. The summed E-state index contributed by atoms with van der Waals surface area (Å²) in [5.41, 5.74) is 0.404. The first-order valence-corrected chi connectivity index (χ1v) is 9.52. The second kappa shape index (κ2) is 7.06. The van der Waals surface area contributed by atoms with E-state index >= 15 is 0 Å². The van der Waals surface area contributed by atoms with E-state index in [-0.39, 0.29) is 12.0 Å². The maximum Gasteiger partial charge on any atom is 0.276 e. The predicted molar refractivity (Wildman–Crippen MR) is 97.2 cm³/mol. The Bertz CT molecular complexity index is 940. The molecule has 9 heteroatoms. The average molecular weight is 380 g/mol. The van der Waals surface area contributed by atoms with Gasteiger partial charge in [0.15, 0.2) is 11.5 Å². The summed E-state index contributed by atoms with van der Waals surface area (Å²) in [6.45, 7) is 1.24. The van der Waals surface area contributed by atoms with E-state index in [1.165, 1.54) is 0 Å². The number of carbonyl (C=O) groups excluding carboxylic acids is 1. The molecule has 1 amide bonds. The van der Waals surface area contributed by atoms with E-state index in [0.717, 1.165) is 31.4 Å². The van der Waals surface area contributed by atoms with Crippen molar-refractivity contribution in [3.8, 4) is 11.7 Å². The van der Waals surface area contributed by atoms with Crippen LogP contribution < -0.4 is 4.74 Å². The van der Waals surface area contributed by atoms with Crippen LogP contribution in [0.25, 0.3) is 5.82 Å². The van der Waals surface area contributed by atoms with Gasteiger partial charge in [-0.05, 0) is 25.0 Å². The van der Waals surface area contributed by atoms with Crippen molar-refractivity contribution in [3.63, 3.8) is 0 Å². The van der Waals surface area contributed by atoms with Crippen molar-refractivity contribution in [2.75, 3.05) is 13.1 Å². The Hall–Kier alpha value is -3.23. The summed E-state index contributed by atoms with van der Waals surface area (Å²) in [4.78, 5) is 14.4. The van der Waals surface area contributed by atoms with Gasteiger partial charge in [-0.25, -0.2) is 4.68 Å². The van der Waals surface area contributed by atoms with Gasteiger partial charge in [0.1, 0.15) is 11.9 Å². The monoisotopic (exact) mass is 380 g/mol. The van der Waals surface area contributed by atoms with Gasteiger partial charge >= 0.3 is 0 Å². The number of hydrogen-bond acceptors (Lipinski definition) is 7. The Balaban J connectivity index is 1.15. The smallest absolute Gasteiger partial charge is 0.276 e. The van der Waals surface area contributed by atoms with Crippen LogP contribution in [0, 0.1) is 0 Å². The van der Waals surface area contributed by atoms with Gasteiger partial charge in [-0.15, -0.1) is 10.2 Å². The Labute approximate surface area is 161 Å². The minimum atomic E-state index is -0.0718. The lowest BCUT2D eigenvalue weighted by Crippen LogP contribution is -2.42. The Morgan fingerprint density at radius 3 is 2.68 bits per heavy atom. The number of hydrogen-bond donors (Lipinski definition) is 0. The molecule has 0 radical (unpaired) electrons. The molecule has 3 aromatic heterocycles. The SMILES string of the molecule is O=C(c1cc(C2CC2)on1)N1CCC(Oc2ccc(-n3cccn3)nn2)CC1. The fraction of sp³-hybridized carbons (Fsp3) is 0.421. The zero-order chi connectivity index (χ0) is 18.9. The lowest BCUT2D eigenvalue weighted by atomic mass is 10.1. The topological polar surface area (TPSA) is 99.2 Å². The predicted octanol–water partition coefficient (Wildman–Crippen LogP) is 2.21. The van der Waals surface area contributed by atoms with Gasteiger partial charge in [-0.1, -0.05) is 5.16 Å². The maximum absolute atomic E-state index is 12.6. The summed E-state index contributed by atoms with van der Waals surface area (Å²) in [6, 6.07) is 7.22. The molecule has 2 fully saturated rings. The van der Waals surface area contributed by atoms with Crippen molar-refractivity contribution in [1.82, 2.24) is 30.0 Å². The molecule has 28 heavy (non-hydrogen) atoms. The van der Waals surface area contributed by atoms with Crippen LogP contribution in [0.2, 0.25) is 0 Å². The first kappa shape index (κ1) is 16.9. The molecule has 1 aliphatic carbocycles. The Kier molecular flexibility index (Phi) is 4.27. The summed E-state index contributed by atoms with van der Waals surface area (Å²) in [5, 5.41) is 16.3. The van der Waals surface area contributed by atoms with Crippen molar-refractivity contribution < 1.29 is 14.1 Å². The largest absolute Gasteiger partial charge is 0.473 e. The molecule has 1 saturated heterocycles. The molecule has 144 valence electrons. The fourth-order valence-corrected chi connectivity index (χ4v) is 3.36. The molecular weight excluding hydrogens is 360 g/mol. The number of likely N-dealkylation sites (tertiary alicyclic amines) is 1. The number of nitrogens with zero attached hydrogens (tertiary/aromatic N) is 6. The van der Waals surface area contributed by atoms with Crippen molar-refractivity contribution in [1.29, 1.82) is 0 Å². The molecule has 2 aliphatic rings. The third-order valence-corrected chi connectivity index (χ3v) is 5.11. The maximum atomic E-state index is 12.6. The van der Waals surface area contributed by atoms with Crippen LogP contribution in [-0.2, 0) is 0 Å². The molecule has 4 heterocycles. The van der Waals surface area contributed by atoms with E-state index in [9.17, 15) is 4.79 Å². The highest BCUT2D eigenvalue weighted by atomic mass is 16.5. The zero-order valence-corrected chi connectivity index (χ0v) is 15.3. The molecule has 0 atom stereocenters. The molecule has 5 rings (SSSR count). The minimum Gasteiger partial charge on any atom is -0.473 e. The average Bonchev–Trinajstić information content (AvgIpc) is 3.22.